The number of esters is 4. The van der Waals surface area contributed by atoms with Crippen molar-refractivity contribution in [3.63, 3.8) is 0 Å². The minimum absolute atomic E-state index is 0.00651. The Balaban J connectivity index is 1.12. The molecule has 12 heteroatoms. The smallest absolute Gasteiger partial charge is 0.343 e. The number of carbonyl (C=O) groups excluding carboxylic acids is 4. The van der Waals surface area contributed by atoms with Gasteiger partial charge in [0, 0.05) is 50.7 Å². The first-order valence-corrected chi connectivity index (χ1v) is 16.9. The van der Waals surface area contributed by atoms with Gasteiger partial charge in [-0.15, -0.1) is 0 Å². The summed E-state index contributed by atoms with van der Waals surface area (Å²) < 4.78 is 22.8. The van der Waals surface area contributed by atoms with Crippen molar-refractivity contribution in [2.75, 3.05) is 13.1 Å². The third-order valence-corrected chi connectivity index (χ3v) is 7.78. The van der Waals surface area contributed by atoms with Gasteiger partial charge in [-0.25, -0.2) is 19.2 Å². The van der Waals surface area contributed by atoms with E-state index in [0.717, 1.165) is 0 Å². The van der Waals surface area contributed by atoms with Crippen molar-refractivity contribution in [1.82, 2.24) is 20.6 Å². The molecule has 0 aliphatic heterocycles. The van der Waals surface area contributed by atoms with E-state index < -0.39 is 23.9 Å². The van der Waals surface area contributed by atoms with Gasteiger partial charge in [-0.2, -0.15) is 0 Å². The summed E-state index contributed by atoms with van der Waals surface area (Å²) in [6.07, 6.45) is 2.93. The molecule has 2 heterocycles. The maximum atomic E-state index is 13.1. The van der Waals surface area contributed by atoms with E-state index in [1.165, 1.54) is 24.5 Å². The second-order valence-electron chi connectivity index (χ2n) is 11.5. The number of hydrogen-bond acceptors (Lipinski definition) is 12. The Kier molecular flexibility index (Phi) is 12.6. The molecule has 0 bridgehead atoms. The number of nitrogens with one attached hydrogen (secondary N) is 2. The van der Waals surface area contributed by atoms with E-state index in [-0.39, 0.29) is 36.1 Å². The van der Waals surface area contributed by atoms with Crippen LogP contribution in [0.1, 0.15) is 52.8 Å². The maximum Gasteiger partial charge on any atom is 0.343 e. The van der Waals surface area contributed by atoms with Gasteiger partial charge in [0.25, 0.3) is 0 Å². The first kappa shape index (κ1) is 36.8. The Morgan fingerprint density at radius 1 is 0.407 bits per heavy atom. The molecule has 0 aliphatic carbocycles. The lowest BCUT2D eigenvalue weighted by Gasteiger charge is -2.15. The zero-order chi connectivity index (χ0) is 37.5. The lowest BCUT2D eigenvalue weighted by Crippen LogP contribution is -2.28. The fraction of sp³-hybridized carbons (Fsp3) is 0.0952. The van der Waals surface area contributed by atoms with Crippen molar-refractivity contribution >= 4 is 23.9 Å². The highest BCUT2D eigenvalue weighted by atomic mass is 16.6. The van der Waals surface area contributed by atoms with Crippen LogP contribution >= 0.6 is 0 Å². The van der Waals surface area contributed by atoms with E-state index in [2.05, 4.69) is 20.6 Å². The van der Waals surface area contributed by atoms with Crippen molar-refractivity contribution in [2.45, 2.75) is 13.1 Å². The van der Waals surface area contributed by atoms with Gasteiger partial charge in [0.15, 0.2) is 23.0 Å². The van der Waals surface area contributed by atoms with Crippen molar-refractivity contribution in [2.24, 2.45) is 0 Å². The van der Waals surface area contributed by atoms with Crippen LogP contribution < -0.4 is 29.6 Å². The van der Waals surface area contributed by atoms with E-state index >= 15 is 0 Å². The normalized spacial score (nSPS) is 10.6. The minimum Gasteiger partial charge on any atom is -0.419 e. The number of benzene rings is 4. The lowest BCUT2D eigenvalue weighted by molar-refractivity contribution is 0.0679. The van der Waals surface area contributed by atoms with Crippen LogP contribution in [-0.2, 0) is 13.1 Å². The van der Waals surface area contributed by atoms with Crippen molar-refractivity contribution in [3.8, 4) is 23.0 Å². The third-order valence-electron chi connectivity index (χ3n) is 7.78. The highest BCUT2D eigenvalue weighted by Gasteiger charge is 2.22. The van der Waals surface area contributed by atoms with E-state index in [9.17, 15) is 19.2 Å². The molecule has 2 N–H and O–H groups in total. The molecule has 0 amide bonds. The van der Waals surface area contributed by atoms with E-state index in [1.807, 2.05) is 0 Å². The molecule has 0 saturated carbocycles. The van der Waals surface area contributed by atoms with Crippen LogP contribution in [0.2, 0.25) is 0 Å². The number of hydrogen-bond donors (Lipinski definition) is 2. The molecule has 6 aromatic rings. The standard InChI is InChI=1S/C42H34N4O8/c47-39(29-13-5-1-6-14-29)51-35-21-23-45-33(37(35)53-41(49)31-17-9-3-10-18-31)27-43-25-26-44-28-34-38(54-42(50)32-19-11-4-12-20-32)36(22-24-46-34)52-40(48)30-15-7-2-8-16-30/h1-24,43-44H,25-28H2. The van der Waals surface area contributed by atoms with E-state index in [0.29, 0.717) is 46.7 Å². The summed E-state index contributed by atoms with van der Waals surface area (Å²) in [6.45, 7) is 1.12. The van der Waals surface area contributed by atoms with Crippen LogP contribution in [0.3, 0.4) is 0 Å². The van der Waals surface area contributed by atoms with Gasteiger partial charge in [0.05, 0.1) is 22.3 Å². The summed E-state index contributed by atoms with van der Waals surface area (Å²) in [5.74, 6) is -2.44. The maximum absolute atomic E-state index is 13.1. The molecule has 0 saturated heterocycles. The molecule has 0 fully saturated rings. The number of rotatable bonds is 15. The Labute approximate surface area is 310 Å². The highest BCUT2D eigenvalue weighted by Crippen LogP contribution is 2.33. The van der Waals surface area contributed by atoms with Crippen molar-refractivity contribution in [1.29, 1.82) is 0 Å². The van der Waals surface area contributed by atoms with Gasteiger partial charge in [-0.05, 0) is 48.5 Å². The summed E-state index contributed by atoms with van der Waals surface area (Å²) in [6, 6.07) is 36.7. The molecule has 12 nitrogen and oxygen atoms in total. The molecule has 0 spiro atoms. The summed E-state index contributed by atoms with van der Waals surface area (Å²) in [4.78, 5) is 60.8. The third kappa shape index (κ3) is 9.85. The van der Waals surface area contributed by atoms with Crippen LogP contribution in [-0.4, -0.2) is 46.9 Å². The first-order chi connectivity index (χ1) is 26.5. The molecular formula is C42H34N4O8. The lowest BCUT2D eigenvalue weighted by atomic mass is 10.2. The quantitative estimate of drug-likeness (QED) is 0.0912. The van der Waals surface area contributed by atoms with Gasteiger partial charge >= 0.3 is 23.9 Å². The van der Waals surface area contributed by atoms with E-state index in [4.69, 9.17) is 18.9 Å². The predicted octanol–water partition coefficient (Wildman–Crippen LogP) is 6.23. The van der Waals surface area contributed by atoms with Crippen LogP contribution in [0, 0.1) is 0 Å². The molecule has 6 rings (SSSR count). The molecule has 54 heavy (non-hydrogen) atoms. The van der Waals surface area contributed by atoms with E-state index in [1.54, 1.807) is 121 Å². The SMILES string of the molecule is O=C(Oc1ccnc(CNCCNCc2nccc(OC(=O)c3ccccc3)c2OC(=O)c2ccccc2)c1OC(=O)c1ccccc1)c1ccccc1. The predicted molar refractivity (Wildman–Crippen MR) is 197 cm³/mol. The molecule has 0 radical (unpaired) electrons. The number of carbonyl (C=O) groups is 4. The van der Waals surface area contributed by atoms with Gasteiger partial charge in [0.2, 0.25) is 0 Å². The number of aromatic nitrogens is 2. The van der Waals surface area contributed by atoms with Gasteiger partial charge in [-0.3, -0.25) is 9.97 Å². The molecule has 0 aliphatic rings. The van der Waals surface area contributed by atoms with Crippen LogP contribution in [0.15, 0.2) is 146 Å². The molecule has 270 valence electrons. The van der Waals surface area contributed by atoms with Crippen molar-refractivity contribution in [3.05, 3.63) is 179 Å². The topological polar surface area (TPSA) is 155 Å². The van der Waals surface area contributed by atoms with Gasteiger partial charge < -0.3 is 29.6 Å². The molecule has 4 aromatic carbocycles. The highest BCUT2D eigenvalue weighted by molar-refractivity contribution is 5.94. The fourth-order valence-corrected chi connectivity index (χ4v) is 5.08. The Bertz CT molecular complexity index is 2040. The summed E-state index contributed by atoms with van der Waals surface area (Å²) in [5.41, 5.74) is 1.95. The average molecular weight is 723 g/mol. The number of nitrogens with zero attached hydrogens (tertiary/aromatic N) is 2. The largest absolute Gasteiger partial charge is 0.419 e. The van der Waals surface area contributed by atoms with Crippen LogP contribution in [0.4, 0.5) is 0 Å². The second-order valence-corrected chi connectivity index (χ2v) is 11.5. The molecule has 2 aromatic heterocycles. The first-order valence-electron chi connectivity index (χ1n) is 16.9. The summed E-state index contributed by atoms with van der Waals surface area (Å²) >= 11 is 0. The molecule has 0 atom stereocenters. The average Bonchev–Trinajstić information content (AvgIpc) is 3.22. The van der Waals surface area contributed by atoms with Crippen LogP contribution in [0.5, 0.6) is 23.0 Å². The number of ether oxygens (including phenoxy) is 4. The van der Waals surface area contributed by atoms with Crippen molar-refractivity contribution < 1.29 is 38.1 Å². The summed E-state index contributed by atoms with van der Waals surface area (Å²) in [7, 11) is 0. The number of pyridine rings is 2. The fourth-order valence-electron chi connectivity index (χ4n) is 5.08. The Morgan fingerprint density at radius 2 is 0.704 bits per heavy atom. The van der Waals surface area contributed by atoms with Crippen LogP contribution in [0.25, 0.3) is 0 Å². The minimum atomic E-state index is -0.642. The van der Waals surface area contributed by atoms with Gasteiger partial charge in [-0.1, -0.05) is 72.8 Å². The zero-order valence-electron chi connectivity index (χ0n) is 28.8. The zero-order valence-corrected chi connectivity index (χ0v) is 28.8. The monoisotopic (exact) mass is 722 g/mol. The molecule has 0 unspecified atom stereocenters. The second kappa shape index (κ2) is 18.5. The summed E-state index contributed by atoms with van der Waals surface area (Å²) in [5, 5.41) is 6.49. The molecular weight excluding hydrogens is 688 g/mol. The Morgan fingerprint density at radius 3 is 1.02 bits per heavy atom. The Hall–Kier alpha value is -7.02. The van der Waals surface area contributed by atoms with Gasteiger partial charge in [0.1, 0.15) is 11.4 Å².